The van der Waals surface area contributed by atoms with Gasteiger partial charge in [-0.1, -0.05) is 17.7 Å². The van der Waals surface area contributed by atoms with Gasteiger partial charge in [0.2, 0.25) is 0 Å². The summed E-state index contributed by atoms with van der Waals surface area (Å²) >= 11 is 0. The molecule has 1 unspecified atom stereocenters. The largest absolute Gasteiger partial charge is 0.490 e. The predicted molar refractivity (Wildman–Crippen MR) is 81.2 cm³/mol. The van der Waals surface area contributed by atoms with E-state index in [0.717, 1.165) is 17.9 Å². The van der Waals surface area contributed by atoms with Crippen LogP contribution in [0.3, 0.4) is 0 Å². The summed E-state index contributed by atoms with van der Waals surface area (Å²) < 4.78 is 11.6. The fourth-order valence-corrected chi connectivity index (χ4v) is 2.52. The highest BCUT2D eigenvalue weighted by Crippen LogP contribution is 2.29. The van der Waals surface area contributed by atoms with E-state index in [1.165, 1.54) is 11.1 Å². The van der Waals surface area contributed by atoms with E-state index < -0.39 is 0 Å². The maximum atomic E-state index is 11.2. The van der Waals surface area contributed by atoms with Crippen LogP contribution >= 0.6 is 0 Å². The molecule has 0 saturated carbocycles. The minimum atomic E-state index is 0.0503. The third kappa shape index (κ3) is 3.07. The molecule has 3 heteroatoms. The third-order valence-electron chi connectivity index (χ3n) is 3.65. The molecule has 0 radical (unpaired) electrons. The van der Waals surface area contributed by atoms with E-state index in [4.69, 9.17) is 9.47 Å². The first-order valence-corrected chi connectivity index (χ1v) is 7.12. The molecule has 1 heterocycles. The van der Waals surface area contributed by atoms with E-state index in [9.17, 15) is 4.79 Å². The van der Waals surface area contributed by atoms with Crippen LogP contribution in [-0.2, 0) is 6.42 Å². The van der Waals surface area contributed by atoms with E-state index in [1.54, 1.807) is 19.1 Å². The normalized spacial score (nSPS) is 16.2. The van der Waals surface area contributed by atoms with Gasteiger partial charge in [0.1, 0.15) is 24.2 Å². The number of Topliss-reactive ketones (excluding diaryl/α,β-unsaturated/α-hetero) is 1. The Kier molecular flexibility index (Phi) is 3.65. The number of benzene rings is 2. The summed E-state index contributed by atoms with van der Waals surface area (Å²) in [6.45, 7) is 4.15. The molecule has 0 saturated heterocycles. The topological polar surface area (TPSA) is 35.5 Å². The van der Waals surface area contributed by atoms with Gasteiger partial charge < -0.3 is 9.47 Å². The molecule has 0 aliphatic carbocycles. The lowest BCUT2D eigenvalue weighted by Gasteiger charge is -2.12. The van der Waals surface area contributed by atoms with Crippen molar-refractivity contribution in [3.05, 3.63) is 59.2 Å². The highest BCUT2D eigenvalue weighted by Gasteiger charge is 2.23. The summed E-state index contributed by atoms with van der Waals surface area (Å²) in [7, 11) is 0. The van der Waals surface area contributed by atoms with E-state index >= 15 is 0 Å². The van der Waals surface area contributed by atoms with Crippen LogP contribution in [0.15, 0.2) is 42.5 Å². The van der Waals surface area contributed by atoms with Crippen molar-refractivity contribution >= 4 is 5.78 Å². The Labute approximate surface area is 124 Å². The molecule has 0 bridgehead atoms. The minimum Gasteiger partial charge on any atom is -0.490 e. The van der Waals surface area contributed by atoms with Crippen molar-refractivity contribution in [3.63, 3.8) is 0 Å². The molecule has 0 fully saturated rings. The molecule has 0 N–H and O–H groups in total. The molecular formula is C18H18O3. The van der Waals surface area contributed by atoms with Crippen molar-refractivity contribution < 1.29 is 14.3 Å². The molecule has 0 aromatic heterocycles. The zero-order valence-corrected chi connectivity index (χ0v) is 12.3. The number of aryl methyl sites for hydroxylation is 1. The number of carbonyl (C=O) groups is 1. The van der Waals surface area contributed by atoms with Crippen LogP contribution in [0.1, 0.15) is 28.4 Å². The maximum Gasteiger partial charge on any atom is 0.159 e. The lowest BCUT2D eigenvalue weighted by molar-refractivity contribution is 0.101. The Bertz CT molecular complexity index is 659. The van der Waals surface area contributed by atoms with Crippen molar-refractivity contribution in [2.75, 3.05) is 6.61 Å². The Hall–Kier alpha value is -2.29. The second-order valence-corrected chi connectivity index (χ2v) is 5.45. The highest BCUT2D eigenvalue weighted by atomic mass is 16.5. The molecule has 1 aliphatic heterocycles. The Balaban J connectivity index is 1.58. The first-order chi connectivity index (χ1) is 10.1. The van der Waals surface area contributed by atoms with Crippen molar-refractivity contribution in [3.8, 4) is 11.5 Å². The Morgan fingerprint density at radius 3 is 2.71 bits per heavy atom. The predicted octanol–water partition coefficient (Wildman–Crippen LogP) is 3.58. The Morgan fingerprint density at radius 1 is 1.24 bits per heavy atom. The lowest BCUT2D eigenvalue weighted by Crippen LogP contribution is -2.22. The highest BCUT2D eigenvalue weighted by molar-refractivity contribution is 5.94. The number of carbonyl (C=O) groups excluding carboxylic acids is 1. The van der Waals surface area contributed by atoms with E-state index in [-0.39, 0.29) is 11.9 Å². The smallest absolute Gasteiger partial charge is 0.159 e. The zero-order valence-electron chi connectivity index (χ0n) is 12.3. The molecule has 1 aliphatic rings. The van der Waals surface area contributed by atoms with Crippen molar-refractivity contribution in [2.24, 2.45) is 0 Å². The molecule has 0 amide bonds. The van der Waals surface area contributed by atoms with E-state index in [1.807, 2.05) is 18.2 Å². The summed E-state index contributed by atoms with van der Waals surface area (Å²) in [5.74, 6) is 1.78. The van der Waals surface area contributed by atoms with Crippen molar-refractivity contribution in [1.29, 1.82) is 0 Å². The van der Waals surface area contributed by atoms with E-state index in [0.29, 0.717) is 12.2 Å². The van der Waals surface area contributed by atoms with Gasteiger partial charge in [0.05, 0.1) is 0 Å². The number of hydrogen-bond acceptors (Lipinski definition) is 3. The number of rotatable bonds is 4. The molecular weight excluding hydrogens is 264 g/mol. The van der Waals surface area contributed by atoms with Crippen LogP contribution < -0.4 is 9.47 Å². The van der Waals surface area contributed by atoms with Crippen LogP contribution in [-0.4, -0.2) is 18.5 Å². The van der Waals surface area contributed by atoms with Gasteiger partial charge in [-0.15, -0.1) is 0 Å². The molecule has 3 nitrogen and oxygen atoms in total. The van der Waals surface area contributed by atoms with Crippen molar-refractivity contribution in [1.82, 2.24) is 0 Å². The molecule has 3 rings (SSSR count). The molecule has 1 atom stereocenters. The number of ketones is 1. The van der Waals surface area contributed by atoms with Gasteiger partial charge >= 0.3 is 0 Å². The first kappa shape index (κ1) is 13.7. The van der Waals surface area contributed by atoms with Crippen LogP contribution in [0.25, 0.3) is 0 Å². The number of hydrogen-bond donors (Lipinski definition) is 0. The fraction of sp³-hybridized carbons (Fsp3) is 0.278. The van der Waals surface area contributed by atoms with Gasteiger partial charge in [-0.05, 0) is 49.7 Å². The molecule has 2 aromatic rings. The Morgan fingerprint density at radius 2 is 2.00 bits per heavy atom. The fourth-order valence-electron chi connectivity index (χ4n) is 2.52. The maximum absolute atomic E-state index is 11.2. The van der Waals surface area contributed by atoms with Gasteiger partial charge in [-0.2, -0.15) is 0 Å². The lowest BCUT2D eigenvalue weighted by atomic mass is 10.1. The third-order valence-corrected chi connectivity index (χ3v) is 3.65. The van der Waals surface area contributed by atoms with Crippen LogP contribution in [0, 0.1) is 6.92 Å². The second-order valence-electron chi connectivity index (χ2n) is 5.45. The van der Waals surface area contributed by atoms with Crippen LogP contribution in [0.5, 0.6) is 11.5 Å². The zero-order chi connectivity index (χ0) is 14.8. The number of fused-ring (bicyclic) bond motifs is 1. The molecule has 0 spiro atoms. The summed E-state index contributed by atoms with van der Waals surface area (Å²) in [4.78, 5) is 11.2. The summed E-state index contributed by atoms with van der Waals surface area (Å²) in [6.07, 6.45) is 0.928. The minimum absolute atomic E-state index is 0.0503. The second kappa shape index (κ2) is 5.60. The first-order valence-electron chi connectivity index (χ1n) is 7.12. The van der Waals surface area contributed by atoms with Gasteiger partial charge in [-0.25, -0.2) is 0 Å². The molecule has 2 aromatic carbocycles. The summed E-state index contributed by atoms with van der Waals surface area (Å²) in [6, 6.07) is 13.5. The standard InChI is InChI=1S/C18H18O3/c1-12-3-8-18-15(9-12)10-17(21-18)11-20-16-6-4-14(5-7-16)13(2)19/h3-9,17H,10-11H2,1-2H3. The van der Waals surface area contributed by atoms with Gasteiger partial charge in [0.25, 0.3) is 0 Å². The van der Waals surface area contributed by atoms with E-state index in [2.05, 4.69) is 19.1 Å². The van der Waals surface area contributed by atoms with Gasteiger partial charge in [0.15, 0.2) is 5.78 Å². The SMILES string of the molecule is CC(=O)c1ccc(OCC2Cc3cc(C)ccc3O2)cc1. The monoisotopic (exact) mass is 282 g/mol. The van der Waals surface area contributed by atoms with Gasteiger partial charge in [-0.3, -0.25) is 4.79 Å². The van der Waals surface area contributed by atoms with Crippen LogP contribution in [0.4, 0.5) is 0 Å². The van der Waals surface area contributed by atoms with Crippen LogP contribution in [0.2, 0.25) is 0 Å². The average molecular weight is 282 g/mol. The average Bonchev–Trinajstić information content (AvgIpc) is 2.87. The summed E-state index contributed by atoms with van der Waals surface area (Å²) in [5.41, 5.74) is 3.19. The van der Waals surface area contributed by atoms with Crippen molar-refractivity contribution in [2.45, 2.75) is 26.4 Å². The molecule has 21 heavy (non-hydrogen) atoms. The van der Waals surface area contributed by atoms with Gasteiger partial charge in [0, 0.05) is 12.0 Å². The summed E-state index contributed by atoms with van der Waals surface area (Å²) in [5, 5.41) is 0. The quantitative estimate of drug-likeness (QED) is 0.804. The molecule has 108 valence electrons. The number of ether oxygens (including phenoxy) is 2.